The maximum atomic E-state index is 14.3. The number of esters is 1. The van der Waals surface area contributed by atoms with Crippen LogP contribution in [0, 0.1) is 58.2 Å². The molecule has 3 rings (SSSR count). The molecule has 2 unspecified atom stereocenters. The first-order chi connectivity index (χ1) is 22.5. The van der Waals surface area contributed by atoms with Crippen molar-refractivity contribution in [3.63, 3.8) is 0 Å². The second kappa shape index (κ2) is 16.3. The maximum Gasteiger partial charge on any atom is 0.311 e. The second-order valence-electron chi connectivity index (χ2n) is 18.2. The van der Waals surface area contributed by atoms with E-state index in [0.717, 1.165) is 6.42 Å². The monoisotopic (exact) mass is 695 g/mol. The summed E-state index contributed by atoms with van der Waals surface area (Å²) in [5.74, 6) is -1.56. The summed E-state index contributed by atoms with van der Waals surface area (Å²) in [6, 6.07) is 0. The molecule has 0 aromatic heterocycles. The third-order valence-electron chi connectivity index (χ3n) is 13.7. The number of carbonyl (C=O) groups excluding carboxylic acids is 2. The van der Waals surface area contributed by atoms with Gasteiger partial charge >= 0.3 is 5.97 Å². The van der Waals surface area contributed by atoms with E-state index >= 15 is 0 Å². The Morgan fingerprint density at radius 1 is 0.776 bits per heavy atom. The SMILES string of the molecule is CC[C@H]1OC(=O)[C@H](C)[C@@H](OC2CC(C)(C)[C@@H](C)[C@H](C)O2)[C@H](C)[C@@H](OC2O[C@H](C)C[C@H](C)[C@H]2C)C(C)(C)C[C@@H](C)C(=O)[C@H](C)[C@@H](C)[C@@]1(O)CC. The van der Waals surface area contributed by atoms with Crippen LogP contribution in [0.15, 0.2) is 0 Å². The van der Waals surface area contributed by atoms with Crippen molar-refractivity contribution in [2.75, 3.05) is 0 Å². The first-order valence-corrected chi connectivity index (χ1v) is 19.6. The van der Waals surface area contributed by atoms with E-state index in [1.54, 1.807) is 0 Å². The van der Waals surface area contributed by atoms with Crippen molar-refractivity contribution in [1.82, 2.24) is 0 Å². The Bertz CT molecular complexity index is 1110. The molecule has 0 saturated carbocycles. The molecule has 3 heterocycles. The Hall–Kier alpha value is -1.06. The van der Waals surface area contributed by atoms with E-state index < -0.39 is 65.6 Å². The first-order valence-electron chi connectivity index (χ1n) is 19.6. The highest BCUT2D eigenvalue weighted by molar-refractivity contribution is 5.83. The molecule has 0 aromatic carbocycles. The Morgan fingerprint density at radius 2 is 1.39 bits per heavy atom. The lowest BCUT2D eigenvalue weighted by Crippen LogP contribution is -2.56. The van der Waals surface area contributed by atoms with Crippen LogP contribution in [0.25, 0.3) is 0 Å². The van der Waals surface area contributed by atoms with E-state index in [9.17, 15) is 14.7 Å². The van der Waals surface area contributed by atoms with Gasteiger partial charge in [0, 0.05) is 30.1 Å². The minimum Gasteiger partial charge on any atom is -0.459 e. The fourth-order valence-corrected chi connectivity index (χ4v) is 9.41. The van der Waals surface area contributed by atoms with Gasteiger partial charge in [-0.1, -0.05) is 90.0 Å². The van der Waals surface area contributed by atoms with Crippen LogP contribution in [0.1, 0.15) is 143 Å². The smallest absolute Gasteiger partial charge is 0.311 e. The number of cyclic esters (lactones) is 1. The van der Waals surface area contributed by atoms with Crippen molar-refractivity contribution in [1.29, 1.82) is 0 Å². The molecule has 3 saturated heterocycles. The van der Waals surface area contributed by atoms with Crippen LogP contribution in [0.3, 0.4) is 0 Å². The van der Waals surface area contributed by atoms with Crippen molar-refractivity contribution in [2.45, 2.75) is 192 Å². The summed E-state index contributed by atoms with van der Waals surface area (Å²) in [6.45, 7) is 33.3. The Labute approximate surface area is 299 Å². The number of hydrogen-bond acceptors (Lipinski definition) is 8. The highest BCUT2D eigenvalue weighted by atomic mass is 16.7. The topological polar surface area (TPSA) is 101 Å². The molecule has 286 valence electrons. The number of ether oxygens (including phenoxy) is 5. The van der Waals surface area contributed by atoms with E-state index in [-0.39, 0.29) is 41.2 Å². The van der Waals surface area contributed by atoms with Gasteiger partial charge in [0.05, 0.1) is 30.3 Å². The molecular formula is C41H74O8. The lowest BCUT2D eigenvalue weighted by molar-refractivity contribution is -0.293. The van der Waals surface area contributed by atoms with Crippen LogP contribution in [0.2, 0.25) is 0 Å². The molecule has 3 aliphatic heterocycles. The van der Waals surface area contributed by atoms with Crippen molar-refractivity contribution in [3.05, 3.63) is 0 Å². The summed E-state index contributed by atoms with van der Waals surface area (Å²) in [5, 5.41) is 12.2. The van der Waals surface area contributed by atoms with Crippen LogP contribution in [0.5, 0.6) is 0 Å². The van der Waals surface area contributed by atoms with Crippen LogP contribution >= 0.6 is 0 Å². The Morgan fingerprint density at radius 3 is 1.94 bits per heavy atom. The van der Waals surface area contributed by atoms with Gasteiger partial charge in [0.15, 0.2) is 12.6 Å². The molecule has 0 radical (unpaired) electrons. The van der Waals surface area contributed by atoms with E-state index in [1.807, 2.05) is 41.5 Å². The number of aliphatic hydroxyl groups is 1. The first kappa shape index (κ1) is 42.4. The largest absolute Gasteiger partial charge is 0.459 e. The second-order valence-corrected chi connectivity index (χ2v) is 18.2. The number of carbonyl (C=O) groups is 2. The van der Waals surface area contributed by atoms with Crippen LogP contribution in [-0.4, -0.2) is 65.6 Å². The standard InChI is InChI=1S/C41H74O8/c1-17-32-41(44,18-2)29(10)26(7)34(42)23(4)20-40(15,16)36(49-38-25(6)22(3)19-24(5)45-38)27(8)35(28(9)37(43)47-32)48-33-21-39(13,14)30(11)31(12)46-33/h22-33,35-36,38,44H,17-21H2,1-16H3/t22-,23+,24+,25+,26+,27-,28+,29+,30-,31-,32+,33?,35-,36+,38?,41-/m0/s1. The number of ketones is 1. The summed E-state index contributed by atoms with van der Waals surface area (Å²) < 4.78 is 33.4. The number of Topliss-reactive ketones (excluding diaryl/α,β-unsaturated/α-hetero) is 1. The zero-order chi connectivity index (χ0) is 37.4. The van der Waals surface area contributed by atoms with E-state index in [4.69, 9.17) is 23.7 Å². The van der Waals surface area contributed by atoms with Gasteiger partial charge in [0.25, 0.3) is 0 Å². The van der Waals surface area contributed by atoms with Gasteiger partial charge < -0.3 is 28.8 Å². The minimum atomic E-state index is -1.36. The molecule has 3 aliphatic rings. The molecule has 1 N–H and O–H groups in total. The number of hydrogen-bond donors (Lipinski definition) is 1. The molecule has 0 bridgehead atoms. The van der Waals surface area contributed by atoms with Crippen LogP contribution < -0.4 is 0 Å². The van der Waals surface area contributed by atoms with Crippen molar-refractivity contribution < 1.29 is 38.4 Å². The quantitative estimate of drug-likeness (QED) is 0.276. The summed E-state index contributed by atoms with van der Waals surface area (Å²) in [5.41, 5.74) is -1.91. The van der Waals surface area contributed by atoms with Crippen molar-refractivity contribution >= 4 is 11.8 Å². The summed E-state index contributed by atoms with van der Waals surface area (Å²) in [6.07, 6.45) is 0.240. The van der Waals surface area contributed by atoms with Crippen LogP contribution in [-0.2, 0) is 33.3 Å². The highest BCUT2D eigenvalue weighted by Crippen LogP contribution is 2.46. The third kappa shape index (κ3) is 9.12. The van der Waals surface area contributed by atoms with Gasteiger partial charge in [0.1, 0.15) is 17.5 Å². The van der Waals surface area contributed by atoms with E-state index in [0.29, 0.717) is 37.5 Å². The molecule has 3 fully saturated rings. The van der Waals surface area contributed by atoms with E-state index in [2.05, 4.69) is 69.2 Å². The van der Waals surface area contributed by atoms with Gasteiger partial charge in [0.2, 0.25) is 0 Å². The zero-order valence-electron chi connectivity index (χ0n) is 34.0. The molecular weight excluding hydrogens is 620 g/mol. The van der Waals surface area contributed by atoms with Crippen LogP contribution in [0.4, 0.5) is 0 Å². The molecule has 0 spiro atoms. The predicted octanol–water partition coefficient (Wildman–Crippen LogP) is 8.60. The molecule has 16 atom stereocenters. The fraction of sp³-hybridized carbons (Fsp3) is 0.951. The molecule has 0 amide bonds. The third-order valence-corrected chi connectivity index (χ3v) is 13.7. The van der Waals surface area contributed by atoms with Gasteiger partial charge in [-0.05, 0) is 75.0 Å². The summed E-state index contributed by atoms with van der Waals surface area (Å²) >= 11 is 0. The Kier molecular flexibility index (Phi) is 14.1. The zero-order valence-corrected chi connectivity index (χ0v) is 34.0. The predicted molar refractivity (Wildman–Crippen MR) is 194 cm³/mol. The highest BCUT2D eigenvalue weighted by Gasteiger charge is 2.51. The minimum absolute atomic E-state index is 0.0212. The molecule has 8 heteroatoms. The van der Waals surface area contributed by atoms with Gasteiger partial charge in [-0.25, -0.2) is 0 Å². The summed E-state index contributed by atoms with van der Waals surface area (Å²) in [4.78, 5) is 28.5. The lowest BCUT2D eigenvalue weighted by atomic mass is 9.67. The van der Waals surface area contributed by atoms with Gasteiger partial charge in [-0.15, -0.1) is 0 Å². The average Bonchev–Trinajstić information content (AvgIpc) is 3.02. The maximum absolute atomic E-state index is 14.3. The summed E-state index contributed by atoms with van der Waals surface area (Å²) in [7, 11) is 0. The molecule has 49 heavy (non-hydrogen) atoms. The number of rotatable bonds is 6. The average molecular weight is 695 g/mol. The van der Waals surface area contributed by atoms with Crippen molar-refractivity contribution in [2.24, 2.45) is 58.2 Å². The molecule has 8 nitrogen and oxygen atoms in total. The van der Waals surface area contributed by atoms with E-state index in [1.165, 1.54) is 0 Å². The Balaban J connectivity index is 2.17. The normalized spacial score (nSPS) is 47.2. The van der Waals surface area contributed by atoms with Gasteiger partial charge in [-0.3, -0.25) is 9.59 Å². The molecule has 0 aromatic rings. The lowest BCUT2D eigenvalue weighted by Gasteiger charge is -2.49. The van der Waals surface area contributed by atoms with Gasteiger partial charge in [-0.2, -0.15) is 0 Å². The fourth-order valence-electron chi connectivity index (χ4n) is 9.41. The van der Waals surface area contributed by atoms with Crippen molar-refractivity contribution in [3.8, 4) is 0 Å². The molecule has 0 aliphatic carbocycles.